The maximum atomic E-state index is 11.2. The highest BCUT2D eigenvalue weighted by atomic mass is 32.2. The highest BCUT2D eigenvalue weighted by molar-refractivity contribution is 7.90. The lowest BCUT2D eigenvalue weighted by molar-refractivity contribution is -0.0282. The second-order valence-corrected chi connectivity index (χ2v) is 7.95. The Hall–Kier alpha value is -0.170. The predicted octanol–water partition coefficient (Wildman–Crippen LogP) is 0.639. The van der Waals surface area contributed by atoms with E-state index >= 15 is 0 Å². The van der Waals surface area contributed by atoms with E-state index in [9.17, 15) is 8.42 Å². The molecule has 1 saturated heterocycles. The molecular weight excluding hydrogens is 264 g/mol. The first-order valence-corrected chi connectivity index (χ1v) is 9.12. The molecule has 1 aliphatic heterocycles. The molecule has 1 fully saturated rings. The van der Waals surface area contributed by atoms with Crippen LogP contribution in [0.4, 0.5) is 0 Å². The molecule has 19 heavy (non-hydrogen) atoms. The van der Waals surface area contributed by atoms with Gasteiger partial charge in [0.05, 0.1) is 13.2 Å². The Labute approximate surface area is 117 Å². The van der Waals surface area contributed by atoms with E-state index in [2.05, 4.69) is 18.7 Å². The van der Waals surface area contributed by atoms with Gasteiger partial charge in [-0.1, -0.05) is 6.92 Å². The summed E-state index contributed by atoms with van der Waals surface area (Å²) in [5.41, 5.74) is 6.28. The van der Waals surface area contributed by atoms with Crippen LogP contribution >= 0.6 is 0 Å². The van der Waals surface area contributed by atoms with Crippen molar-refractivity contribution in [3.63, 3.8) is 0 Å². The third-order valence-electron chi connectivity index (χ3n) is 4.28. The molecule has 1 heterocycles. The molecule has 2 atom stereocenters. The minimum atomic E-state index is -2.89. The Bertz CT molecular complexity index is 366. The summed E-state index contributed by atoms with van der Waals surface area (Å²) in [5.74, 6) is 0.226. The van der Waals surface area contributed by atoms with Gasteiger partial charge in [0.25, 0.3) is 0 Å². The SMILES string of the molecule is CCC(C)(C(N)CCCS(C)(=O)=O)N1CCOCC1. The van der Waals surface area contributed by atoms with Crippen molar-refractivity contribution in [2.45, 2.75) is 44.7 Å². The van der Waals surface area contributed by atoms with Crippen molar-refractivity contribution in [3.05, 3.63) is 0 Å². The summed E-state index contributed by atoms with van der Waals surface area (Å²) < 4.78 is 27.7. The largest absolute Gasteiger partial charge is 0.379 e. The van der Waals surface area contributed by atoms with Crippen LogP contribution in [-0.2, 0) is 14.6 Å². The summed E-state index contributed by atoms with van der Waals surface area (Å²) in [6.07, 6.45) is 3.63. The topological polar surface area (TPSA) is 72.6 Å². The van der Waals surface area contributed by atoms with Crippen LogP contribution < -0.4 is 5.73 Å². The smallest absolute Gasteiger partial charge is 0.147 e. The Morgan fingerprint density at radius 2 is 1.95 bits per heavy atom. The summed E-state index contributed by atoms with van der Waals surface area (Å²) >= 11 is 0. The molecule has 5 nitrogen and oxygen atoms in total. The van der Waals surface area contributed by atoms with Gasteiger partial charge < -0.3 is 10.5 Å². The van der Waals surface area contributed by atoms with E-state index in [0.717, 1.165) is 39.1 Å². The number of hydrogen-bond donors (Lipinski definition) is 1. The maximum Gasteiger partial charge on any atom is 0.147 e. The zero-order valence-corrected chi connectivity index (χ0v) is 13.2. The number of rotatable bonds is 7. The quantitative estimate of drug-likeness (QED) is 0.745. The molecule has 0 aliphatic carbocycles. The number of sulfone groups is 1. The van der Waals surface area contributed by atoms with Crippen LogP contribution in [0.3, 0.4) is 0 Å². The molecule has 2 unspecified atom stereocenters. The summed E-state index contributed by atoms with van der Waals surface area (Å²) in [5, 5.41) is 0. The number of hydrogen-bond acceptors (Lipinski definition) is 5. The van der Waals surface area contributed by atoms with Gasteiger partial charge in [-0.15, -0.1) is 0 Å². The predicted molar refractivity (Wildman–Crippen MR) is 78.0 cm³/mol. The lowest BCUT2D eigenvalue weighted by Crippen LogP contribution is -2.60. The van der Waals surface area contributed by atoms with Gasteiger partial charge in [-0.3, -0.25) is 4.90 Å². The first-order chi connectivity index (χ1) is 8.79. The van der Waals surface area contributed by atoms with Crippen molar-refractivity contribution in [1.29, 1.82) is 0 Å². The second kappa shape index (κ2) is 7.02. The number of nitrogens with two attached hydrogens (primary N) is 1. The first-order valence-electron chi connectivity index (χ1n) is 7.05. The fourth-order valence-corrected chi connectivity index (χ4v) is 3.36. The van der Waals surface area contributed by atoms with Crippen molar-refractivity contribution >= 4 is 9.84 Å². The fraction of sp³-hybridized carbons (Fsp3) is 1.00. The van der Waals surface area contributed by atoms with Gasteiger partial charge >= 0.3 is 0 Å². The van der Waals surface area contributed by atoms with Crippen molar-refractivity contribution in [1.82, 2.24) is 4.90 Å². The van der Waals surface area contributed by atoms with Crippen molar-refractivity contribution in [2.75, 3.05) is 38.3 Å². The van der Waals surface area contributed by atoms with Crippen LogP contribution in [0.1, 0.15) is 33.1 Å². The molecule has 114 valence electrons. The van der Waals surface area contributed by atoms with E-state index in [1.807, 2.05) is 0 Å². The van der Waals surface area contributed by atoms with Gasteiger partial charge in [0.1, 0.15) is 9.84 Å². The van der Waals surface area contributed by atoms with E-state index in [4.69, 9.17) is 10.5 Å². The lowest BCUT2D eigenvalue weighted by atomic mass is 9.85. The van der Waals surface area contributed by atoms with Crippen LogP contribution in [-0.4, -0.2) is 63.2 Å². The van der Waals surface area contributed by atoms with Crippen LogP contribution in [0.2, 0.25) is 0 Å². The molecule has 0 amide bonds. The standard InChI is InChI=1S/C13H28N2O3S/c1-4-13(2,15-7-9-18-10-8-15)12(14)6-5-11-19(3,16)17/h12H,4-11,14H2,1-3H3. The highest BCUT2D eigenvalue weighted by Crippen LogP contribution is 2.26. The minimum absolute atomic E-state index is 0.00245. The molecule has 0 saturated carbocycles. The third-order valence-corrected chi connectivity index (χ3v) is 5.31. The molecule has 6 heteroatoms. The maximum absolute atomic E-state index is 11.2. The minimum Gasteiger partial charge on any atom is -0.379 e. The highest BCUT2D eigenvalue weighted by Gasteiger charge is 2.36. The monoisotopic (exact) mass is 292 g/mol. The van der Waals surface area contributed by atoms with Crippen molar-refractivity contribution in [2.24, 2.45) is 5.73 Å². The number of ether oxygens (including phenoxy) is 1. The van der Waals surface area contributed by atoms with Crippen molar-refractivity contribution in [3.8, 4) is 0 Å². The molecule has 0 aromatic carbocycles. The fourth-order valence-electron chi connectivity index (χ4n) is 2.67. The van der Waals surface area contributed by atoms with Crippen LogP contribution in [0.5, 0.6) is 0 Å². The van der Waals surface area contributed by atoms with Gasteiger partial charge in [0, 0.05) is 36.7 Å². The average molecular weight is 292 g/mol. The normalized spacial score (nSPS) is 22.9. The van der Waals surface area contributed by atoms with Crippen LogP contribution in [0.15, 0.2) is 0 Å². The van der Waals surface area contributed by atoms with E-state index in [1.165, 1.54) is 6.26 Å². The Morgan fingerprint density at radius 3 is 2.42 bits per heavy atom. The van der Waals surface area contributed by atoms with E-state index < -0.39 is 9.84 Å². The van der Waals surface area contributed by atoms with E-state index in [1.54, 1.807) is 0 Å². The average Bonchev–Trinajstić information content (AvgIpc) is 2.37. The molecule has 0 aromatic rings. The molecule has 0 bridgehead atoms. The Kier molecular flexibility index (Phi) is 6.23. The third kappa shape index (κ3) is 5.02. The van der Waals surface area contributed by atoms with Gasteiger partial charge in [-0.05, 0) is 26.2 Å². The Morgan fingerprint density at radius 1 is 1.37 bits per heavy atom. The number of morpholine rings is 1. The zero-order chi connectivity index (χ0) is 14.5. The zero-order valence-electron chi connectivity index (χ0n) is 12.4. The van der Waals surface area contributed by atoms with E-state index in [-0.39, 0.29) is 17.3 Å². The lowest BCUT2D eigenvalue weighted by Gasteiger charge is -2.46. The van der Waals surface area contributed by atoms with Gasteiger partial charge in [0.15, 0.2) is 0 Å². The molecule has 0 aromatic heterocycles. The Balaban J connectivity index is 2.56. The molecule has 1 aliphatic rings. The summed E-state index contributed by atoms with van der Waals surface area (Å²) in [6.45, 7) is 7.65. The summed E-state index contributed by atoms with van der Waals surface area (Å²) in [7, 11) is -2.89. The van der Waals surface area contributed by atoms with Gasteiger partial charge in [0.2, 0.25) is 0 Å². The molecule has 2 N–H and O–H groups in total. The molecule has 0 spiro atoms. The van der Waals surface area contributed by atoms with Crippen LogP contribution in [0, 0.1) is 0 Å². The first kappa shape index (κ1) is 16.9. The number of nitrogens with zero attached hydrogens (tertiary/aromatic N) is 1. The molecule has 0 radical (unpaired) electrons. The van der Waals surface area contributed by atoms with Gasteiger partial charge in [-0.2, -0.15) is 0 Å². The van der Waals surface area contributed by atoms with Gasteiger partial charge in [-0.25, -0.2) is 8.42 Å². The molecular formula is C13H28N2O3S. The summed E-state index contributed by atoms with van der Waals surface area (Å²) in [6, 6.07) is -0.00245. The molecule has 1 rings (SSSR count). The second-order valence-electron chi connectivity index (χ2n) is 5.69. The van der Waals surface area contributed by atoms with E-state index in [0.29, 0.717) is 6.42 Å². The summed E-state index contributed by atoms with van der Waals surface area (Å²) in [4.78, 5) is 2.39. The van der Waals surface area contributed by atoms with Crippen LogP contribution in [0.25, 0.3) is 0 Å². The van der Waals surface area contributed by atoms with Crippen molar-refractivity contribution < 1.29 is 13.2 Å².